The van der Waals surface area contributed by atoms with Crippen molar-refractivity contribution < 1.29 is 0 Å². The summed E-state index contributed by atoms with van der Waals surface area (Å²) in [4.78, 5) is 0. The van der Waals surface area contributed by atoms with Crippen molar-refractivity contribution in [1.29, 1.82) is 0 Å². The van der Waals surface area contributed by atoms with Gasteiger partial charge in [0.05, 0.1) is 0 Å². The summed E-state index contributed by atoms with van der Waals surface area (Å²) in [6.07, 6.45) is 0. The summed E-state index contributed by atoms with van der Waals surface area (Å²) in [6.45, 7) is 0. The van der Waals surface area contributed by atoms with Crippen LogP contribution in [0.15, 0.2) is 54.6 Å². The summed E-state index contributed by atoms with van der Waals surface area (Å²) < 4.78 is 2.62. The predicted octanol–water partition coefficient (Wildman–Crippen LogP) is 5.86. The molecule has 4 aromatic rings. The van der Waals surface area contributed by atoms with Crippen molar-refractivity contribution >= 4 is 53.9 Å². The first kappa shape index (κ1) is 10.4. The molecule has 0 N–H and O–H groups in total. The lowest BCUT2D eigenvalue weighted by Crippen LogP contribution is -1.72. The number of fused-ring (bicyclic) bond motifs is 4. The molecule has 2 heteroatoms. The molecular weight excluding hydrogens is 260 g/mol. The molecule has 0 nitrogen and oxygen atoms in total. The third kappa shape index (κ3) is 1.45. The van der Waals surface area contributed by atoms with Gasteiger partial charge in [0.1, 0.15) is 0 Å². The van der Waals surface area contributed by atoms with Crippen LogP contribution in [0.5, 0.6) is 0 Å². The van der Waals surface area contributed by atoms with E-state index in [-0.39, 0.29) is 0 Å². The number of rotatable bonds is 0. The van der Waals surface area contributed by atoms with Crippen molar-refractivity contribution in [1.82, 2.24) is 0 Å². The van der Waals surface area contributed by atoms with Gasteiger partial charge in [-0.1, -0.05) is 35.9 Å². The zero-order valence-electron chi connectivity index (χ0n) is 9.48. The molecule has 0 atom stereocenters. The summed E-state index contributed by atoms with van der Waals surface area (Å²) in [6, 6.07) is 19.1. The van der Waals surface area contributed by atoms with Gasteiger partial charge < -0.3 is 0 Å². The first-order valence-electron chi connectivity index (χ1n) is 5.82. The topological polar surface area (TPSA) is 0 Å². The molecular formula is C16H9ClS. The number of benzene rings is 3. The highest BCUT2D eigenvalue weighted by molar-refractivity contribution is 7.25. The summed E-state index contributed by atoms with van der Waals surface area (Å²) in [5, 5.41) is 5.94. The van der Waals surface area contributed by atoms with Crippen LogP contribution in [-0.2, 0) is 0 Å². The molecule has 18 heavy (non-hydrogen) atoms. The molecule has 3 aromatic carbocycles. The Morgan fingerprint density at radius 1 is 0.722 bits per heavy atom. The van der Waals surface area contributed by atoms with Gasteiger partial charge in [0.2, 0.25) is 0 Å². The number of halogens is 1. The highest BCUT2D eigenvalue weighted by atomic mass is 35.5. The maximum absolute atomic E-state index is 6.10. The van der Waals surface area contributed by atoms with E-state index in [0.29, 0.717) is 0 Å². The molecule has 86 valence electrons. The summed E-state index contributed by atoms with van der Waals surface area (Å²) in [7, 11) is 0. The average Bonchev–Trinajstić information content (AvgIpc) is 2.73. The molecule has 0 radical (unpaired) electrons. The predicted molar refractivity (Wildman–Crippen MR) is 81.8 cm³/mol. The second-order valence-electron chi connectivity index (χ2n) is 4.44. The number of thiophene rings is 1. The summed E-state index contributed by atoms with van der Waals surface area (Å²) in [5.41, 5.74) is 0. The number of hydrogen-bond donors (Lipinski definition) is 0. The van der Waals surface area contributed by atoms with E-state index in [4.69, 9.17) is 11.6 Å². The van der Waals surface area contributed by atoms with E-state index in [1.165, 1.54) is 30.9 Å². The van der Waals surface area contributed by atoms with Crippen molar-refractivity contribution in [2.45, 2.75) is 0 Å². The molecule has 0 saturated carbocycles. The van der Waals surface area contributed by atoms with E-state index < -0.39 is 0 Å². The van der Waals surface area contributed by atoms with Gasteiger partial charge in [0.25, 0.3) is 0 Å². The maximum atomic E-state index is 6.10. The Hall–Kier alpha value is -1.57. The Labute approximate surface area is 113 Å². The SMILES string of the molecule is Clc1ccc2sc3cc4ccccc4cc3c2c1. The molecule has 0 aliphatic heterocycles. The fraction of sp³-hybridized carbons (Fsp3) is 0. The second-order valence-corrected chi connectivity index (χ2v) is 5.96. The lowest BCUT2D eigenvalue weighted by molar-refractivity contribution is 1.81. The molecule has 0 amide bonds. The van der Waals surface area contributed by atoms with Gasteiger partial charge in [-0.25, -0.2) is 0 Å². The van der Waals surface area contributed by atoms with Crippen LogP contribution < -0.4 is 0 Å². The van der Waals surface area contributed by atoms with Crippen molar-refractivity contribution in [3.8, 4) is 0 Å². The summed E-state index contributed by atoms with van der Waals surface area (Å²) >= 11 is 7.93. The van der Waals surface area contributed by atoms with Gasteiger partial charge >= 0.3 is 0 Å². The van der Waals surface area contributed by atoms with Crippen LogP contribution in [0.4, 0.5) is 0 Å². The molecule has 1 aromatic heterocycles. The van der Waals surface area contributed by atoms with Gasteiger partial charge in [0, 0.05) is 25.2 Å². The molecule has 0 saturated heterocycles. The molecule has 0 aliphatic rings. The Kier molecular flexibility index (Phi) is 2.14. The zero-order chi connectivity index (χ0) is 12.1. The normalized spacial score (nSPS) is 11.6. The van der Waals surface area contributed by atoms with Crippen LogP contribution in [0.3, 0.4) is 0 Å². The molecule has 0 fully saturated rings. The molecule has 0 unspecified atom stereocenters. The smallest absolute Gasteiger partial charge is 0.0413 e. The average molecular weight is 269 g/mol. The van der Waals surface area contributed by atoms with Crippen molar-refractivity contribution in [2.24, 2.45) is 0 Å². The van der Waals surface area contributed by atoms with Crippen molar-refractivity contribution in [2.75, 3.05) is 0 Å². The van der Waals surface area contributed by atoms with Crippen LogP contribution in [-0.4, -0.2) is 0 Å². The Morgan fingerprint density at radius 3 is 2.28 bits per heavy atom. The van der Waals surface area contributed by atoms with Crippen LogP contribution in [0, 0.1) is 0 Å². The Morgan fingerprint density at radius 2 is 1.44 bits per heavy atom. The van der Waals surface area contributed by atoms with Gasteiger partial charge in [-0.2, -0.15) is 0 Å². The third-order valence-electron chi connectivity index (χ3n) is 3.30. The van der Waals surface area contributed by atoms with Crippen LogP contribution in [0.25, 0.3) is 30.9 Å². The minimum Gasteiger partial charge on any atom is -0.135 e. The molecule has 4 rings (SSSR count). The first-order chi connectivity index (χ1) is 8.81. The second kappa shape index (κ2) is 3.71. The lowest BCUT2D eigenvalue weighted by atomic mass is 10.1. The van der Waals surface area contributed by atoms with Crippen molar-refractivity contribution in [3.05, 3.63) is 59.6 Å². The highest BCUT2D eigenvalue weighted by Crippen LogP contribution is 2.37. The van der Waals surface area contributed by atoms with Crippen LogP contribution in [0.1, 0.15) is 0 Å². The van der Waals surface area contributed by atoms with E-state index in [2.05, 4.69) is 48.5 Å². The fourth-order valence-corrected chi connectivity index (χ4v) is 3.72. The Balaban J connectivity index is 2.25. The van der Waals surface area contributed by atoms with Gasteiger partial charge in [-0.05, 0) is 41.1 Å². The third-order valence-corrected chi connectivity index (χ3v) is 4.67. The molecule has 1 heterocycles. The minimum absolute atomic E-state index is 0.801. The van der Waals surface area contributed by atoms with Gasteiger partial charge in [-0.3, -0.25) is 0 Å². The first-order valence-corrected chi connectivity index (χ1v) is 7.01. The molecule has 0 aliphatic carbocycles. The summed E-state index contributed by atoms with van der Waals surface area (Å²) in [5.74, 6) is 0. The monoisotopic (exact) mass is 268 g/mol. The maximum Gasteiger partial charge on any atom is 0.0413 e. The minimum atomic E-state index is 0.801. The van der Waals surface area contributed by atoms with Gasteiger partial charge in [-0.15, -0.1) is 11.3 Å². The zero-order valence-corrected chi connectivity index (χ0v) is 11.1. The number of hydrogen-bond acceptors (Lipinski definition) is 1. The van der Waals surface area contributed by atoms with E-state index in [9.17, 15) is 0 Å². The van der Waals surface area contributed by atoms with E-state index >= 15 is 0 Å². The van der Waals surface area contributed by atoms with Crippen molar-refractivity contribution in [3.63, 3.8) is 0 Å². The molecule has 0 spiro atoms. The van der Waals surface area contributed by atoms with Crippen LogP contribution >= 0.6 is 22.9 Å². The van der Waals surface area contributed by atoms with E-state index in [1.54, 1.807) is 0 Å². The highest BCUT2D eigenvalue weighted by Gasteiger charge is 2.06. The lowest BCUT2D eigenvalue weighted by Gasteiger charge is -1.98. The quantitative estimate of drug-likeness (QED) is 0.375. The van der Waals surface area contributed by atoms with E-state index in [0.717, 1.165) is 5.02 Å². The standard InChI is InChI=1S/C16H9ClS/c17-12-5-6-15-14(9-12)13-7-10-3-1-2-4-11(10)8-16(13)18-15/h1-9H. The van der Waals surface area contributed by atoms with E-state index in [1.807, 2.05) is 17.4 Å². The Bertz CT molecular complexity index is 889. The molecule has 0 bridgehead atoms. The van der Waals surface area contributed by atoms with Crippen LogP contribution in [0.2, 0.25) is 5.02 Å². The largest absolute Gasteiger partial charge is 0.135 e. The van der Waals surface area contributed by atoms with Gasteiger partial charge in [0.15, 0.2) is 0 Å². The fourth-order valence-electron chi connectivity index (χ4n) is 2.43.